The molecule has 0 atom stereocenters. The van der Waals surface area contributed by atoms with Crippen LogP contribution in [0, 0.1) is 13.8 Å². The number of hydrogen-bond donors (Lipinski definition) is 0. The summed E-state index contributed by atoms with van der Waals surface area (Å²) in [5.41, 5.74) is 4.49. The van der Waals surface area contributed by atoms with Crippen molar-refractivity contribution in [2.24, 2.45) is 7.05 Å². The molecule has 152 valence electrons. The largest absolute Gasteiger partial charge is 0.220 e. The van der Waals surface area contributed by atoms with Crippen LogP contribution < -0.4 is 4.57 Å². The van der Waals surface area contributed by atoms with E-state index in [4.69, 9.17) is 6.85 Å². The molecule has 0 aliphatic carbocycles. The van der Waals surface area contributed by atoms with Crippen LogP contribution in [0.3, 0.4) is 0 Å². The second kappa shape index (κ2) is 7.72. The van der Waals surface area contributed by atoms with Gasteiger partial charge in [-0.2, -0.15) is 0 Å². The van der Waals surface area contributed by atoms with E-state index in [0.717, 1.165) is 27.6 Å². The molecule has 0 saturated carbocycles. The standard InChI is InChI=1S/C27H36NSi/c1-7-21-16-19(2)17-26(20(21)3)27-25-9-8-23(18-24(25)10-13-28(27)4)22-11-14-29(5,6)15-12-22/h8-10,13,16-18,22H,7,11-12,14-15H2,1-6H3/q+1/i2D3,7D2. The molecule has 0 bridgehead atoms. The van der Waals surface area contributed by atoms with Gasteiger partial charge in [-0.25, -0.2) is 4.57 Å². The van der Waals surface area contributed by atoms with Gasteiger partial charge >= 0.3 is 0 Å². The molecule has 0 amide bonds. The summed E-state index contributed by atoms with van der Waals surface area (Å²) in [6.45, 7) is 6.08. The summed E-state index contributed by atoms with van der Waals surface area (Å²) in [7, 11) is 0.963. The Balaban J connectivity index is 1.89. The van der Waals surface area contributed by atoms with E-state index >= 15 is 0 Å². The van der Waals surface area contributed by atoms with Gasteiger partial charge in [0.05, 0.1) is 10.9 Å². The molecule has 1 aliphatic heterocycles. The lowest BCUT2D eigenvalue weighted by Crippen LogP contribution is -2.31. The van der Waals surface area contributed by atoms with Crippen molar-refractivity contribution in [1.82, 2.24) is 0 Å². The van der Waals surface area contributed by atoms with E-state index in [2.05, 4.69) is 37.4 Å². The molecule has 0 radical (unpaired) electrons. The van der Waals surface area contributed by atoms with Crippen LogP contribution in [0.1, 0.15) is 54.8 Å². The van der Waals surface area contributed by atoms with Gasteiger partial charge in [0, 0.05) is 21.0 Å². The highest BCUT2D eigenvalue weighted by Crippen LogP contribution is 2.39. The molecule has 29 heavy (non-hydrogen) atoms. The predicted octanol–water partition coefficient (Wildman–Crippen LogP) is 7.10. The minimum absolute atomic E-state index is 0.177. The van der Waals surface area contributed by atoms with Crippen molar-refractivity contribution in [3.63, 3.8) is 0 Å². The van der Waals surface area contributed by atoms with Gasteiger partial charge in [-0.05, 0) is 78.7 Å². The fourth-order valence-corrected chi connectivity index (χ4v) is 7.44. The summed E-state index contributed by atoms with van der Waals surface area (Å²) >= 11 is 0. The van der Waals surface area contributed by atoms with Gasteiger partial charge in [0.1, 0.15) is 7.05 Å². The van der Waals surface area contributed by atoms with Crippen molar-refractivity contribution < 1.29 is 11.4 Å². The maximum absolute atomic E-state index is 8.34. The Bertz CT molecular complexity index is 1230. The average Bonchev–Trinajstić information content (AvgIpc) is 2.72. The quantitative estimate of drug-likeness (QED) is 0.322. The number of pyridine rings is 1. The van der Waals surface area contributed by atoms with E-state index in [0.29, 0.717) is 11.5 Å². The predicted molar refractivity (Wildman–Crippen MR) is 128 cm³/mol. The Labute approximate surface area is 184 Å². The van der Waals surface area contributed by atoms with Gasteiger partial charge in [0.2, 0.25) is 5.69 Å². The van der Waals surface area contributed by atoms with Gasteiger partial charge in [-0.1, -0.05) is 50.3 Å². The third kappa shape index (κ3) is 3.92. The normalized spacial score (nSPS) is 20.5. The smallest absolute Gasteiger partial charge is 0.200 e. The van der Waals surface area contributed by atoms with Gasteiger partial charge in [-0.3, -0.25) is 0 Å². The molecule has 2 heteroatoms. The van der Waals surface area contributed by atoms with Crippen molar-refractivity contribution in [3.8, 4) is 11.3 Å². The van der Waals surface area contributed by atoms with Crippen LogP contribution in [0.15, 0.2) is 42.6 Å². The summed E-state index contributed by atoms with van der Waals surface area (Å²) in [5.74, 6) is 0.613. The van der Waals surface area contributed by atoms with Crippen molar-refractivity contribution in [3.05, 3.63) is 64.8 Å². The van der Waals surface area contributed by atoms with Crippen molar-refractivity contribution in [1.29, 1.82) is 0 Å². The summed E-state index contributed by atoms with van der Waals surface area (Å²) in [6.07, 6.45) is 2.92. The highest BCUT2D eigenvalue weighted by Gasteiger charge is 2.29. The number of hydrogen-bond acceptors (Lipinski definition) is 0. The zero-order valence-electron chi connectivity index (χ0n) is 23.4. The van der Waals surface area contributed by atoms with Crippen LogP contribution in [0.2, 0.25) is 25.2 Å². The second-order valence-corrected chi connectivity index (χ2v) is 14.8. The van der Waals surface area contributed by atoms with E-state index in [-0.39, 0.29) is 5.56 Å². The molecule has 1 aromatic heterocycles. The second-order valence-electron chi connectivity index (χ2n) is 9.51. The Morgan fingerprint density at radius 3 is 2.59 bits per heavy atom. The molecule has 1 aliphatic rings. The fraction of sp³-hybridized carbons (Fsp3) is 0.444. The number of rotatable bonds is 3. The molecule has 0 unspecified atom stereocenters. The maximum atomic E-state index is 8.34. The zero-order chi connectivity index (χ0) is 25.1. The van der Waals surface area contributed by atoms with E-state index in [9.17, 15) is 0 Å². The number of aromatic nitrogens is 1. The summed E-state index contributed by atoms with van der Waals surface area (Å²) in [4.78, 5) is 0. The Hall–Kier alpha value is -1.93. The van der Waals surface area contributed by atoms with Crippen molar-refractivity contribution in [2.45, 2.75) is 71.0 Å². The molecule has 3 aromatic rings. The lowest BCUT2D eigenvalue weighted by atomic mass is 9.89. The Morgan fingerprint density at radius 1 is 1.14 bits per heavy atom. The van der Waals surface area contributed by atoms with Crippen LogP contribution in [0.25, 0.3) is 22.0 Å². The molecule has 4 rings (SSSR count). The lowest BCUT2D eigenvalue weighted by molar-refractivity contribution is -0.659. The number of benzene rings is 2. The topological polar surface area (TPSA) is 3.88 Å². The van der Waals surface area contributed by atoms with Crippen molar-refractivity contribution in [2.75, 3.05) is 0 Å². The Morgan fingerprint density at radius 2 is 1.90 bits per heavy atom. The third-order valence-corrected chi connectivity index (χ3v) is 10.2. The van der Waals surface area contributed by atoms with Gasteiger partial charge in [0.25, 0.3) is 0 Å². The van der Waals surface area contributed by atoms with E-state index < -0.39 is 21.3 Å². The van der Waals surface area contributed by atoms with Crippen LogP contribution in [-0.2, 0) is 13.4 Å². The first-order valence-electron chi connectivity index (χ1n) is 13.3. The molecule has 1 fully saturated rings. The number of nitrogens with zero attached hydrogens (tertiary/aromatic N) is 1. The highest BCUT2D eigenvalue weighted by atomic mass is 28.3. The van der Waals surface area contributed by atoms with Gasteiger partial charge in [0.15, 0.2) is 6.20 Å². The van der Waals surface area contributed by atoms with Gasteiger partial charge < -0.3 is 0 Å². The van der Waals surface area contributed by atoms with Crippen LogP contribution >= 0.6 is 0 Å². The molecular formula is C27H36NSi+. The average molecular weight is 408 g/mol. The minimum Gasteiger partial charge on any atom is -0.200 e. The maximum Gasteiger partial charge on any atom is 0.220 e. The summed E-state index contributed by atoms with van der Waals surface area (Å²) in [5, 5.41) is 2.21. The first-order chi connectivity index (χ1) is 15.7. The SMILES string of the molecule is [2H]C([2H])([2H])c1cc(-c2c3ccc(C4CC[Si](C)(C)CC4)cc3cc[n+]2C)c(C)c(C([2H])([2H])C)c1. The first kappa shape index (κ1) is 15.0. The monoisotopic (exact) mass is 407 g/mol. The third-order valence-electron chi connectivity index (χ3n) is 6.90. The van der Waals surface area contributed by atoms with E-state index in [1.54, 1.807) is 6.07 Å². The van der Waals surface area contributed by atoms with E-state index in [1.165, 1.54) is 43.5 Å². The molecule has 1 nitrogen and oxygen atoms in total. The minimum atomic E-state index is -2.31. The summed E-state index contributed by atoms with van der Waals surface area (Å²) < 4.78 is 42.7. The number of fused-ring (bicyclic) bond motifs is 1. The lowest BCUT2D eigenvalue weighted by Gasteiger charge is -2.33. The Kier molecular flexibility index (Phi) is 3.98. The molecular weight excluding hydrogens is 366 g/mol. The number of aryl methyl sites for hydroxylation is 3. The zero-order valence-corrected chi connectivity index (χ0v) is 19.4. The van der Waals surface area contributed by atoms with Crippen LogP contribution in [0.4, 0.5) is 0 Å². The highest BCUT2D eigenvalue weighted by molar-refractivity contribution is 6.77. The molecule has 0 N–H and O–H groups in total. The molecule has 2 aromatic carbocycles. The van der Waals surface area contributed by atoms with Crippen LogP contribution in [0.5, 0.6) is 0 Å². The van der Waals surface area contributed by atoms with Crippen molar-refractivity contribution >= 4 is 18.8 Å². The fourth-order valence-electron chi connectivity index (χ4n) is 4.93. The molecule has 0 spiro atoms. The van der Waals surface area contributed by atoms with E-state index in [1.807, 2.05) is 24.7 Å². The van der Waals surface area contributed by atoms with Gasteiger partial charge in [-0.15, -0.1) is 0 Å². The molecule has 1 saturated heterocycles. The molecule has 2 heterocycles. The van der Waals surface area contributed by atoms with Crippen LogP contribution in [-0.4, -0.2) is 8.07 Å². The first-order valence-corrected chi connectivity index (χ1v) is 14.2. The summed E-state index contributed by atoms with van der Waals surface area (Å²) in [6, 6.07) is 14.9.